The number of nitrogens with one attached hydrogen (secondary N) is 1. The third kappa shape index (κ3) is 3.39. The lowest BCUT2D eigenvalue weighted by atomic mass is 9.97. The summed E-state index contributed by atoms with van der Waals surface area (Å²) in [7, 11) is 1.47. The van der Waals surface area contributed by atoms with Crippen molar-refractivity contribution in [3.8, 4) is 0 Å². The van der Waals surface area contributed by atoms with E-state index in [-0.39, 0.29) is 22.5 Å². The maximum atomic E-state index is 12.1. The van der Waals surface area contributed by atoms with Crippen LogP contribution in [0.2, 0.25) is 0 Å². The molecule has 108 valence electrons. The molecular weight excluding hydrogens is 244 g/mol. The molecule has 3 N–H and O–H groups in total. The Balaban J connectivity index is 3.32. The van der Waals surface area contributed by atoms with Gasteiger partial charge in [0.2, 0.25) is 0 Å². The van der Waals surface area contributed by atoms with Crippen molar-refractivity contribution >= 4 is 11.5 Å². The Morgan fingerprint density at radius 2 is 1.84 bits per heavy atom. The summed E-state index contributed by atoms with van der Waals surface area (Å²) in [5, 5.41) is 3.07. The zero-order chi connectivity index (χ0) is 14.8. The summed E-state index contributed by atoms with van der Waals surface area (Å²) in [5.41, 5.74) is 5.54. The summed E-state index contributed by atoms with van der Waals surface area (Å²) in [6.07, 6.45) is 0.779. The quantitative estimate of drug-likeness (QED) is 0.853. The van der Waals surface area contributed by atoms with E-state index in [2.05, 4.69) is 26.1 Å². The number of nitrogens with zero attached hydrogens (tertiary/aromatic N) is 2. The second-order valence-corrected chi connectivity index (χ2v) is 5.97. The number of hydrogen-bond acceptors (Lipinski definition) is 4. The van der Waals surface area contributed by atoms with Gasteiger partial charge in [-0.1, -0.05) is 27.7 Å². The summed E-state index contributed by atoms with van der Waals surface area (Å²) in [5.74, 6) is 0.221. The maximum Gasteiger partial charge on any atom is 0.332 e. The van der Waals surface area contributed by atoms with Crippen molar-refractivity contribution in [3.63, 3.8) is 0 Å². The Hall–Kier alpha value is -1.72. The van der Waals surface area contributed by atoms with Crippen molar-refractivity contribution in [2.45, 2.75) is 40.7 Å². The molecule has 0 aromatic carbocycles. The Morgan fingerprint density at radius 1 is 1.26 bits per heavy atom. The Morgan fingerprint density at radius 3 is 2.32 bits per heavy atom. The first kappa shape index (κ1) is 15.3. The highest BCUT2D eigenvalue weighted by atomic mass is 16.2. The number of nitrogens with two attached hydrogens (primary N) is 1. The molecule has 0 saturated carbocycles. The molecule has 0 saturated heterocycles. The van der Waals surface area contributed by atoms with E-state index >= 15 is 0 Å². The minimum atomic E-state index is -0.376. The SMILES string of the molecule is CCCn1c(N)c(NCC(C)(C)C)c(=O)n(C)c1=O. The fourth-order valence-electron chi connectivity index (χ4n) is 1.74. The van der Waals surface area contributed by atoms with Crippen molar-refractivity contribution in [2.24, 2.45) is 12.5 Å². The van der Waals surface area contributed by atoms with Crippen LogP contribution in [-0.2, 0) is 13.6 Å². The fourth-order valence-corrected chi connectivity index (χ4v) is 1.74. The molecule has 6 nitrogen and oxygen atoms in total. The van der Waals surface area contributed by atoms with Crippen LogP contribution in [-0.4, -0.2) is 15.7 Å². The topological polar surface area (TPSA) is 82.0 Å². The van der Waals surface area contributed by atoms with Gasteiger partial charge in [0, 0.05) is 20.1 Å². The molecule has 0 fully saturated rings. The summed E-state index contributed by atoms with van der Waals surface area (Å²) < 4.78 is 2.53. The van der Waals surface area contributed by atoms with Gasteiger partial charge in [-0.3, -0.25) is 13.9 Å². The standard InChI is InChI=1S/C13H24N4O2/c1-6-7-17-10(14)9(15-8-13(2,3)4)11(18)16(5)12(17)19/h15H,6-8,14H2,1-5H3. The van der Waals surface area contributed by atoms with E-state index in [1.165, 1.54) is 11.6 Å². The minimum absolute atomic E-state index is 0.0170. The maximum absolute atomic E-state index is 12.1. The van der Waals surface area contributed by atoms with E-state index in [0.29, 0.717) is 18.8 Å². The summed E-state index contributed by atoms with van der Waals surface area (Å²) in [6, 6.07) is 0. The van der Waals surface area contributed by atoms with Crippen LogP contribution in [0.3, 0.4) is 0 Å². The van der Waals surface area contributed by atoms with E-state index in [0.717, 1.165) is 11.0 Å². The van der Waals surface area contributed by atoms with Gasteiger partial charge < -0.3 is 11.1 Å². The summed E-state index contributed by atoms with van der Waals surface area (Å²) in [4.78, 5) is 24.1. The molecule has 0 radical (unpaired) electrons. The average Bonchev–Trinajstić information content (AvgIpc) is 2.30. The number of anilines is 2. The summed E-state index contributed by atoms with van der Waals surface area (Å²) >= 11 is 0. The predicted molar refractivity (Wildman–Crippen MR) is 78.6 cm³/mol. The third-order valence-electron chi connectivity index (χ3n) is 2.83. The summed E-state index contributed by atoms with van der Waals surface area (Å²) in [6.45, 7) is 9.24. The van der Waals surface area contributed by atoms with Crippen molar-refractivity contribution in [1.82, 2.24) is 9.13 Å². The normalized spacial score (nSPS) is 11.6. The van der Waals surface area contributed by atoms with Gasteiger partial charge >= 0.3 is 5.69 Å². The third-order valence-corrected chi connectivity index (χ3v) is 2.83. The van der Waals surface area contributed by atoms with Crippen LogP contribution in [0, 0.1) is 5.41 Å². The highest BCUT2D eigenvalue weighted by molar-refractivity contribution is 5.60. The van der Waals surface area contributed by atoms with Crippen LogP contribution in [0.15, 0.2) is 9.59 Å². The van der Waals surface area contributed by atoms with E-state index in [9.17, 15) is 9.59 Å². The molecule has 0 aliphatic heterocycles. The predicted octanol–water partition coefficient (Wildman–Crippen LogP) is 0.997. The smallest absolute Gasteiger partial charge is 0.332 e. The first-order valence-electron chi connectivity index (χ1n) is 6.52. The average molecular weight is 268 g/mol. The van der Waals surface area contributed by atoms with E-state index in [1.54, 1.807) is 0 Å². The van der Waals surface area contributed by atoms with Crippen LogP contribution in [0.25, 0.3) is 0 Å². The molecule has 19 heavy (non-hydrogen) atoms. The molecule has 0 aliphatic carbocycles. The minimum Gasteiger partial charge on any atom is -0.383 e. The number of hydrogen-bond donors (Lipinski definition) is 2. The lowest BCUT2D eigenvalue weighted by Gasteiger charge is -2.21. The van der Waals surface area contributed by atoms with Crippen molar-refractivity contribution in [3.05, 3.63) is 20.8 Å². The Bertz CT molecular complexity index is 564. The number of rotatable bonds is 4. The lowest BCUT2D eigenvalue weighted by molar-refractivity contribution is 0.442. The molecule has 1 rings (SSSR count). The lowest BCUT2D eigenvalue weighted by Crippen LogP contribution is -2.41. The van der Waals surface area contributed by atoms with Gasteiger partial charge in [-0.05, 0) is 11.8 Å². The van der Waals surface area contributed by atoms with Crippen LogP contribution < -0.4 is 22.3 Å². The highest BCUT2D eigenvalue weighted by Gasteiger charge is 2.17. The second kappa shape index (κ2) is 5.50. The van der Waals surface area contributed by atoms with Crippen LogP contribution >= 0.6 is 0 Å². The molecular formula is C13H24N4O2. The molecule has 0 spiro atoms. The molecule has 0 bridgehead atoms. The molecule has 0 unspecified atom stereocenters. The van der Waals surface area contributed by atoms with Gasteiger partial charge in [0.25, 0.3) is 5.56 Å². The monoisotopic (exact) mass is 268 g/mol. The van der Waals surface area contributed by atoms with Gasteiger partial charge in [-0.2, -0.15) is 0 Å². The fraction of sp³-hybridized carbons (Fsp3) is 0.692. The Labute approximate surface area is 113 Å². The Kier molecular flexibility index (Phi) is 4.44. The first-order chi connectivity index (χ1) is 8.69. The molecule has 0 aliphatic rings. The van der Waals surface area contributed by atoms with Gasteiger partial charge in [-0.25, -0.2) is 4.79 Å². The van der Waals surface area contributed by atoms with E-state index in [1.807, 2.05) is 6.92 Å². The van der Waals surface area contributed by atoms with Crippen LogP contribution in [0.4, 0.5) is 11.5 Å². The van der Waals surface area contributed by atoms with E-state index in [4.69, 9.17) is 5.73 Å². The zero-order valence-corrected chi connectivity index (χ0v) is 12.4. The second-order valence-electron chi connectivity index (χ2n) is 5.97. The van der Waals surface area contributed by atoms with Crippen molar-refractivity contribution < 1.29 is 0 Å². The van der Waals surface area contributed by atoms with Crippen molar-refractivity contribution in [1.29, 1.82) is 0 Å². The zero-order valence-electron chi connectivity index (χ0n) is 12.4. The largest absolute Gasteiger partial charge is 0.383 e. The van der Waals surface area contributed by atoms with Crippen LogP contribution in [0.1, 0.15) is 34.1 Å². The molecule has 0 atom stereocenters. The van der Waals surface area contributed by atoms with Gasteiger partial charge in [0.05, 0.1) is 0 Å². The molecule has 0 amide bonds. The first-order valence-corrected chi connectivity index (χ1v) is 6.52. The highest BCUT2D eigenvalue weighted by Crippen LogP contribution is 2.16. The van der Waals surface area contributed by atoms with E-state index < -0.39 is 0 Å². The van der Waals surface area contributed by atoms with Gasteiger partial charge in [-0.15, -0.1) is 0 Å². The molecule has 1 aromatic rings. The molecule has 6 heteroatoms. The van der Waals surface area contributed by atoms with Crippen molar-refractivity contribution in [2.75, 3.05) is 17.6 Å². The van der Waals surface area contributed by atoms with Gasteiger partial charge in [0.15, 0.2) is 0 Å². The number of aromatic nitrogens is 2. The van der Waals surface area contributed by atoms with Gasteiger partial charge in [0.1, 0.15) is 11.5 Å². The molecule has 1 aromatic heterocycles. The molecule has 1 heterocycles. The number of nitrogen functional groups attached to an aromatic ring is 1. The van der Waals surface area contributed by atoms with Crippen LogP contribution in [0.5, 0.6) is 0 Å².